The maximum Gasteiger partial charge on any atom is 0.341 e. The van der Waals surface area contributed by atoms with E-state index in [1.165, 1.54) is 26.5 Å². The first kappa shape index (κ1) is 26.5. The summed E-state index contributed by atoms with van der Waals surface area (Å²) < 4.78 is 15.9. The third-order valence-electron chi connectivity index (χ3n) is 4.91. The van der Waals surface area contributed by atoms with Crippen LogP contribution in [0.3, 0.4) is 0 Å². The van der Waals surface area contributed by atoms with Gasteiger partial charge in [0.2, 0.25) is 0 Å². The fourth-order valence-electron chi connectivity index (χ4n) is 3.13. The van der Waals surface area contributed by atoms with Crippen LogP contribution >= 0.6 is 0 Å². The minimum absolute atomic E-state index is 0.104. The number of ether oxygens (including phenoxy) is 3. The number of carbonyl (C=O) groups excluding carboxylic acids is 2. The summed E-state index contributed by atoms with van der Waals surface area (Å²) in [4.78, 5) is 36.7. The average Bonchev–Trinajstić information content (AvgIpc) is 2.92. The highest BCUT2D eigenvalue weighted by molar-refractivity contribution is 6.05. The molecule has 10 heteroatoms. The number of amides is 2. The number of hydrogen-bond donors (Lipinski definition) is 3. The van der Waals surface area contributed by atoms with Crippen LogP contribution in [0, 0.1) is 0 Å². The second-order valence-electron chi connectivity index (χ2n) is 7.41. The molecule has 0 unspecified atom stereocenters. The molecule has 10 nitrogen and oxygen atoms in total. The molecule has 3 N–H and O–H groups in total. The average molecular weight is 504 g/mol. The van der Waals surface area contributed by atoms with E-state index >= 15 is 0 Å². The minimum atomic E-state index is -1.13. The highest BCUT2D eigenvalue weighted by Gasteiger charge is 2.16. The molecule has 0 spiro atoms. The largest absolute Gasteiger partial charge is 0.497 e. The van der Waals surface area contributed by atoms with Gasteiger partial charge < -0.3 is 24.6 Å². The Hall–Kier alpha value is -5.12. The van der Waals surface area contributed by atoms with Crippen LogP contribution in [0.4, 0.5) is 0 Å². The van der Waals surface area contributed by atoms with Crippen molar-refractivity contribution in [2.45, 2.75) is 0 Å². The van der Waals surface area contributed by atoms with Gasteiger partial charge in [0, 0.05) is 16.7 Å². The Morgan fingerprint density at radius 3 is 2.32 bits per heavy atom. The quantitative estimate of drug-likeness (QED) is 0.208. The van der Waals surface area contributed by atoms with Gasteiger partial charge in [0.15, 0.2) is 6.61 Å². The topological polar surface area (TPSA) is 136 Å². The molecule has 0 heterocycles. The van der Waals surface area contributed by atoms with Crippen LogP contribution in [-0.2, 0) is 9.59 Å². The Labute approximate surface area is 213 Å². The first-order valence-electron chi connectivity index (χ1n) is 11.0. The molecule has 0 saturated carbocycles. The lowest BCUT2D eigenvalue weighted by molar-refractivity contribution is -0.139. The van der Waals surface area contributed by atoms with Crippen LogP contribution in [0.25, 0.3) is 6.08 Å². The van der Waals surface area contributed by atoms with Crippen LogP contribution in [-0.4, -0.2) is 49.9 Å². The molecule has 0 atom stereocenters. The SMILES string of the molecule is COc1ccc(OC)c(/C=C(\NC(=O)c2ccccc2)C(=O)N/N=C/c2ccccc2OCC(=O)O)c1. The molecule has 0 aliphatic carbocycles. The van der Waals surface area contributed by atoms with E-state index in [9.17, 15) is 14.4 Å². The smallest absolute Gasteiger partial charge is 0.341 e. The summed E-state index contributed by atoms with van der Waals surface area (Å²) in [6, 6.07) is 20.0. The van der Waals surface area contributed by atoms with E-state index in [0.717, 1.165) is 0 Å². The van der Waals surface area contributed by atoms with E-state index in [1.807, 2.05) is 0 Å². The Morgan fingerprint density at radius 2 is 1.62 bits per heavy atom. The second kappa shape index (κ2) is 13.1. The molecule has 0 bridgehead atoms. The summed E-state index contributed by atoms with van der Waals surface area (Å²) in [5.74, 6) is -1.09. The number of hydrogen-bond acceptors (Lipinski definition) is 7. The van der Waals surface area contributed by atoms with Gasteiger partial charge >= 0.3 is 5.97 Å². The number of rotatable bonds is 11. The van der Waals surface area contributed by atoms with Crippen LogP contribution in [0.2, 0.25) is 0 Å². The van der Waals surface area contributed by atoms with Crippen molar-refractivity contribution < 1.29 is 33.7 Å². The Morgan fingerprint density at radius 1 is 0.892 bits per heavy atom. The molecule has 3 aromatic rings. The van der Waals surface area contributed by atoms with Crippen molar-refractivity contribution in [3.05, 3.63) is 95.2 Å². The number of carboxylic acid groups (broad SMARTS) is 1. The van der Waals surface area contributed by atoms with E-state index in [-0.39, 0.29) is 11.4 Å². The first-order valence-corrected chi connectivity index (χ1v) is 11.0. The molecule has 190 valence electrons. The van der Waals surface area contributed by atoms with Gasteiger partial charge in [-0.3, -0.25) is 9.59 Å². The van der Waals surface area contributed by atoms with Crippen LogP contribution < -0.4 is 25.0 Å². The Bertz CT molecular complexity index is 1320. The first-order chi connectivity index (χ1) is 17.9. The summed E-state index contributed by atoms with van der Waals surface area (Å²) in [7, 11) is 2.99. The zero-order valence-corrected chi connectivity index (χ0v) is 20.1. The zero-order valence-electron chi connectivity index (χ0n) is 20.1. The lowest BCUT2D eigenvalue weighted by Gasteiger charge is -2.12. The zero-order chi connectivity index (χ0) is 26.6. The van der Waals surface area contributed by atoms with Crippen LogP contribution in [0.15, 0.2) is 83.6 Å². The number of nitrogens with one attached hydrogen (secondary N) is 2. The molecule has 0 aliphatic heterocycles. The molecule has 2 amide bonds. The number of carboxylic acids is 1. The van der Waals surface area contributed by atoms with Crippen molar-refractivity contribution in [1.82, 2.24) is 10.7 Å². The summed E-state index contributed by atoms with van der Waals surface area (Å²) in [5, 5.41) is 15.4. The normalized spacial score (nSPS) is 11.0. The summed E-state index contributed by atoms with van der Waals surface area (Å²) in [6.45, 7) is -0.530. The number of para-hydroxylation sites is 1. The van der Waals surface area contributed by atoms with Crippen LogP contribution in [0.5, 0.6) is 17.2 Å². The van der Waals surface area contributed by atoms with Gasteiger partial charge in [-0.15, -0.1) is 0 Å². The second-order valence-corrected chi connectivity index (χ2v) is 7.41. The molecule has 0 aliphatic rings. The van der Waals surface area contributed by atoms with E-state index in [4.69, 9.17) is 19.3 Å². The number of carbonyl (C=O) groups is 3. The number of hydrazone groups is 1. The third kappa shape index (κ3) is 7.69. The highest BCUT2D eigenvalue weighted by atomic mass is 16.5. The Balaban J connectivity index is 1.88. The number of benzene rings is 3. The maximum absolute atomic E-state index is 13.1. The fraction of sp³-hybridized carbons (Fsp3) is 0.111. The lowest BCUT2D eigenvalue weighted by atomic mass is 10.1. The van der Waals surface area contributed by atoms with Gasteiger partial charge in [-0.2, -0.15) is 5.10 Å². The maximum atomic E-state index is 13.1. The number of aliphatic carboxylic acids is 1. The van der Waals surface area contributed by atoms with Gasteiger partial charge in [0.25, 0.3) is 11.8 Å². The molecule has 3 aromatic carbocycles. The van der Waals surface area contributed by atoms with E-state index in [2.05, 4.69) is 15.8 Å². The number of nitrogens with zero attached hydrogens (tertiary/aromatic N) is 1. The van der Waals surface area contributed by atoms with E-state index in [0.29, 0.717) is 28.2 Å². The summed E-state index contributed by atoms with van der Waals surface area (Å²) >= 11 is 0. The van der Waals surface area contributed by atoms with Gasteiger partial charge in [-0.05, 0) is 48.5 Å². The van der Waals surface area contributed by atoms with Crippen LogP contribution in [0.1, 0.15) is 21.5 Å². The van der Waals surface area contributed by atoms with E-state index in [1.54, 1.807) is 72.8 Å². The standard InChI is InChI=1S/C27H25N3O7/c1-35-21-12-13-23(36-2)20(14-21)15-22(29-26(33)18-8-4-3-5-9-18)27(34)30-28-16-19-10-6-7-11-24(19)37-17-25(31)32/h3-16H,17H2,1-2H3,(H,29,33)(H,30,34)(H,31,32)/b22-15-,28-16+. The predicted octanol–water partition coefficient (Wildman–Crippen LogP) is 3.09. The molecule has 0 fully saturated rings. The summed E-state index contributed by atoms with van der Waals surface area (Å²) in [5.41, 5.74) is 3.54. The molecule has 3 rings (SSSR count). The minimum Gasteiger partial charge on any atom is -0.497 e. The molecule has 37 heavy (non-hydrogen) atoms. The predicted molar refractivity (Wildman–Crippen MR) is 137 cm³/mol. The fourth-order valence-corrected chi connectivity index (χ4v) is 3.13. The van der Waals surface area contributed by atoms with Crippen molar-refractivity contribution in [1.29, 1.82) is 0 Å². The Kier molecular flexibility index (Phi) is 9.38. The van der Waals surface area contributed by atoms with Crippen molar-refractivity contribution in [2.24, 2.45) is 5.10 Å². The lowest BCUT2D eigenvalue weighted by Crippen LogP contribution is -2.32. The van der Waals surface area contributed by atoms with Crippen molar-refractivity contribution in [3.8, 4) is 17.2 Å². The van der Waals surface area contributed by atoms with E-state index < -0.39 is 24.4 Å². The monoisotopic (exact) mass is 503 g/mol. The number of methoxy groups -OCH3 is 2. The molecular weight excluding hydrogens is 478 g/mol. The van der Waals surface area contributed by atoms with Crippen molar-refractivity contribution in [3.63, 3.8) is 0 Å². The van der Waals surface area contributed by atoms with Gasteiger partial charge in [0.1, 0.15) is 22.9 Å². The van der Waals surface area contributed by atoms with Crippen molar-refractivity contribution in [2.75, 3.05) is 20.8 Å². The molecule has 0 aromatic heterocycles. The highest BCUT2D eigenvalue weighted by Crippen LogP contribution is 2.26. The van der Waals surface area contributed by atoms with Gasteiger partial charge in [0.05, 0.1) is 20.4 Å². The summed E-state index contributed by atoms with van der Waals surface area (Å²) in [6.07, 6.45) is 2.74. The molecular formula is C27H25N3O7. The van der Waals surface area contributed by atoms with Crippen molar-refractivity contribution >= 4 is 30.1 Å². The van der Waals surface area contributed by atoms with Gasteiger partial charge in [-0.25, -0.2) is 10.2 Å². The molecule has 0 radical (unpaired) electrons. The molecule has 0 saturated heterocycles. The van der Waals surface area contributed by atoms with Gasteiger partial charge in [-0.1, -0.05) is 30.3 Å². The third-order valence-corrected chi connectivity index (χ3v) is 4.91.